The lowest BCUT2D eigenvalue weighted by Crippen LogP contribution is -2.50. The highest BCUT2D eigenvalue weighted by molar-refractivity contribution is 7.89. The second kappa shape index (κ2) is 9.59. The van der Waals surface area contributed by atoms with Crippen LogP contribution >= 0.6 is 0 Å². The molecule has 166 valence electrons. The van der Waals surface area contributed by atoms with Crippen LogP contribution in [0.5, 0.6) is 0 Å². The normalized spacial score (nSPS) is 15.5. The molecule has 0 spiro atoms. The number of hydrogen-bond acceptors (Lipinski definition) is 5. The molecule has 2 aromatic carbocycles. The van der Waals surface area contributed by atoms with E-state index < -0.39 is 10.0 Å². The predicted molar refractivity (Wildman–Crippen MR) is 121 cm³/mol. The summed E-state index contributed by atoms with van der Waals surface area (Å²) in [6, 6.07) is 13.9. The maximum atomic E-state index is 12.8. The molecular formula is C22H28N4O4S. The number of carbonyl (C=O) groups excluding carboxylic acids is 2. The van der Waals surface area contributed by atoms with Crippen LogP contribution in [0.1, 0.15) is 12.5 Å². The third-order valence-electron chi connectivity index (χ3n) is 5.37. The monoisotopic (exact) mass is 444 g/mol. The SMILES string of the molecule is CC(=O)N(C)c1ccc(NC(=O)CN2CCN(S(=O)(=O)c3ccc(C)cc3)CC2)cc1. The van der Waals surface area contributed by atoms with Gasteiger partial charge < -0.3 is 10.2 Å². The van der Waals surface area contributed by atoms with E-state index in [1.54, 1.807) is 55.6 Å². The zero-order valence-electron chi connectivity index (χ0n) is 18.0. The van der Waals surface area contributed by atoms with Crippen molar-refractivity contribution in [3.05, 3.63) is 54.1 Å². The molecule has 1 aliphatic rings. The number of rotatable bonds is 6. The predicted octanol–water partition coefficient (Wildman–Crippen LogP) is 1.92. The van der Waals surface area contributed by atoms with Crippen LogP contribution in [0, 0.1) is 6.92 Å². The molecule has 31 heavy (non-hydrogen) atoms. The summed E-state index contributed by atoms with van der Waals surface area (Å²) in [6.07, 6.45) is 0. The van der Waals surface area contributed by atoms with Crippen molar-refractivity contribution < 1.29 is 18.0 Å². The number of piperazine rings is 1. The molecule has 1 saturated heterocycles. The van der Waals surface area contributed by atoms with Crippen molar-refractivity contribution in [2.24, 2.45) is 0 Å². The highest BCUT2D eigenvalue weighted by Crippen LogP contribution is 2.19. The number of hydrogen-bond donors (Lipinski definition) is 1. The fourth-order valence-electron chi connectivity index (χ4n) is 3.34. The molecule has 8 nitrogen and oxygen atoms in total. The van der Waals surface area contributed by atoms with Crippen molar-refractivity contribution >= 4 is 33.2 Å². The molecule has 9 heteroatoms. The number of nitrogens with one attached hydrogen (secondary N) is 1. The molecule has 3 rings (SSSR count). The fourth-order valence-corrected chi connectivity index (χ4v) is 4.76. The highest BCUT2D eigenvalue weighted by atomic mass is 32.2. The molecule has 0 aromatic heterocycles. The van der Waals surface area contributed by atoms with Crippen molar-refractivity contribution in [1.29, 1.82) is 0 Å². The Morgan fingerprint density at radius 1 is 0.968 bits per heavy atom. The summed E-state index contributed by atoms with van der Waals surface area (Å²) in [4.78, 5) is 27.6. The standard InChI is InChI=1S/C22H28N4O4S/c1-17-4-10-21(11-5-17)31(29,30)26-14-12-25(13-15-26)16-22(28)23-19-6-8-20(9-7-19)24(3)18(2)27/h4-11H,12-16H2,1-3H3,(H,23,28). The van der Waals surface area contributed by atoms with E-state index in [-0.39, 0.29) is 18.4 Å². The lowest BCUT2D eigenvalue weighted by atomic mass is 10.2. The van der Waals surface area contributed by atoms with Crippen LogP contribution in [0.3, 0.4) is 0 Å². The van der Waals surface area contributed by atoms with Gasteiger partial charge in [-0.1, -0.05) is 17.7 Å². The zero-order valence-corrected chi connectivity index (χ0v) is 18.9. The van der Waals surface area contributed by atoms with Gasteiger partial charge >= 0.3 is 0 Å². The molecule has 1 heterocycles. The molecule has 0 aliphatic carbocycles. The second-order valence-corrected chi connectivity index (χ2v) is 9.60. The molecule has 0 atom stereocenters. The number of sulfonamides is 1. The van der Waals surface area contributed by atoms with Crippen molar-refractivity contribution in [3.63, 3.8) is 0 Å². The molecule has 0 radical (unpaired) electrons. The van der Waals surface area contributed by atoms with E-state index in [9.17, 15) is 18.0 Å². The van der Waals surface area contributed by atoms with Crippen LogP contribution < -0.4 is 10.2 Å². The number of benzene rings is 2. The van der Waals surface area contributed by atoms with E-state index in [0.717, 1.165) is 11.3 Å². The van der Waals surface area contributed by atoms with Crippen LogP contribution in [-0.4, -0.2) is 69.2 Å². The Hall–Kier alpha value is -2.75. The van der Waals surface area contributed by atoms with Crippen LogP contribution in [-0.2, 0) is 19.6 Å². The average Bonchev–Trinajstić information content (AvgIpc) is 2.74. The number of carbonyl (C=O) groups is 2. The lowest BCUT2D eigenvalue weighted by molar-refractivity contribution is -0.118. The van der Waals surface area contributed by atoms with E-state index in [0.29, 0.717) is 36.8 Å². The maximum absolute atomic E-state index is 12.8. The van der Waals surface area contributed by atoms with E-state index in [4.69, 9.17) is 0 Å². The van der Waals surface area contributed by atoms with Crippen LogP contribution in [0.15, 0.2) is 53.4 Å². The van der Waals surface area contributed by atoms with Crippen molar-refractivity contribution in [3.8, 4) is 0 Å². The van der Waals surface area contributed by atoms with Gasteiger partial charge in [0.25, 0.3) is 0 Å². The zero-order chi connectivity index (χ0) is 22.6. The van der Waals surface area contributed by atoms with E-state index in [1.165, 1.54) is 16.1 Å². The number of anilines is 2. The summed E-state index contributed by atoms with van der Waals surface area (Å²) in [6.45, 7) is 5.25. The van der Waals surface area contributed by atoms with Gasteiger partial charge in [-0.2, -0.15) is 4.31 Å². The first-order valence-electron chi connectivity index (χ1n) is 10.1. The first-order chi connectivity index (χ1) is 14.7. The van der Waals surface area contributed by atoms with E-state index >= 15 is 0 Å². The Kier molecular flexibility index (Phi) is 7.09. The smallest absolute Gasteiger partial charge is 0.243 e. The van der Waals surface area contributed by atoms with E-state index in [2.05, 4.69) is 5.32 Å². The molecule has 0 unspecified atom stereocenters. The Bertz CT molecular complexity index is 1030. The van der Waals surface area contributed by atoms with Crippen LogP contribution in [0.25, 0.3) is 0 Å². The third kappa shape index (κ3) is 5.69. The molecule has 1 fully saturated rings. The van der Waals surface area contributed by atoms with Crippen molar-refractivity contribution in [2.75, 3.05) is 50.0 Å². The first-order valence-corrected chi connectivity index (χ1v) is 11.5. The summed E-state index contributed by atoms with van der Waals surface area (Å²) in [7, 11) is -1.83. The van der Waals surface area contributed by atoms with Gasteiger partial charge in [0.05, 0.1) is 11.4 Å². The van der Waals surface area contributed by atoms with Crippen molar-refractivity contribution in [1.82, 2.24) is 9.21 Å². The Morgan fingerprint density at radius 2 is 1.55 bits per heavy atom. The quantitative estimate of drug-likeness (QED) is 0.735. The minimum atomic E-state index is -3.52. The van der Waals surface area contributed by atoms with Gasteiger partial charge in [-0.15, -0.1) is 0 Å². The minimum absolute atomic E-state index is 0.0691. The van der Waals surface area contributed by atoms with Gasteiger partial charge in [0.15, 0.2) is 0 Å². The summed E-state index contributed by atoms with van der Waals surface area (Å²) >= 11 is 0. The topological polar surface area (TPSA) is 90.0 Å². The highest BCUT2D eigenvalue weighted by Gasteiger charge is 2.29. The summed E-state index contributed by atoms with van der Waals surface area (Å²) in [5.41, 5.74) is 2.40. The summed E-state index contributed by atoms with van der Waals surface area (Å²) in [5, 5.41) is 2.84. The van der Waals surface area contributed by atoms with Gasteiger partial charge in [-0.25, -0.2) is 8.42 Å². The number of nitrogens with zero attached hydrogens (tertiary/aromatic N) is 3. The van der Waals surface area contributed by atoms with Gasteiger partial charge in [0, 0.05) is 51.5 Å². The van der Waals surface area contributed by atoms with Gasteiger partial charge in [-0.3, -0.25) is 14.5 Å². The largest absolute Gasteiger partial charge is 0.325 e. The Balaban J connectivity index is 1.51. The van der Waals surface area contributed by atoms with Gasteiger partial charge in [0.2, 0.25) is 21.8 Å². The number of amides is 2. The van der Waals surface area contributed by atoms with Crippen molar-refractivity contribution in [2.45, 2.75) is 18.7 Å². The molecular weight excluding hydrogens is 416 g/mol. The van der Waals surface area contributed by atoms with Crippen LogP contribution in [0.4, 0.5) is 11.4 Å². The lowest BCUT2D eigenvalue weighted by Gasteiger charge is -2.33. The maximum Gasteiger partial charge on any atom is 0.243 e. The molecule has 2 aromatic rings. The molecule has 2 amide bonds. The Morgan fingerprint density at radius 3 is 2.10 bits per heavy atom. The summed E-state index contributed by atoms with van der Waals surface area (Å²) < 4.78 is 27.0. The third-order valence-corrected chi connectivity index (χ3v) is 7.28. The summed E-state index contributed by atoms with van der Waals surface area (Å²) in [5.74, 6) is -0.233. The number of aryl methyl sites for hydroxylation is 1. The molecule has 1 N–H and O–H groups in total. The first kappa shape index (κ1) is 22.9. The van der Waals surface area contributed by atoms with Crippen LogP contribution in [0.2, 0.25) is 0 Å². The van der Waals surface area contributed by atoms with Gasteiger partial charge in [0.1, 0.15) is 0 Å². The van der Waals surface area contributed by atoms with Gasteiger partial charge in [-0.05, 0) is 43.3 Å². The molecule has 0 saturated carbocycles. The molecule has 0 bridgehead atoms. The minimum Gasteiger partial charge on any atom is -0.325 e. The molecule has 1 aliphatic heterocycles. The second-order valence-electron chi connectivity index (χ2n) is 7.67. The average molecular weight is 445 g/mol. The Labute approximate surface area is 183 Å². The fraction of sp³-hybridized carbons (Fsp3) is 0.364. The van der Waals surface area contributed by atoms with E-state index in [1.807, 2.05) is 11.8 Å².